The Balaban J connectivity index is 0.000000617. The zero-order valence-corrected chi connectivity index (χ0v) is 22.7. The molecule has 2 aromatic carbocycles. The Bertz CT molecular complexity index is 1640. The smallest absolute Gasteiger partial charge is 0.475 e. The zero-order chi connectivity index (χ0) is 33.8. The van der Waals surface area contributed by atoms with Crippen molar-refractivity contribution >= 4 is 23.6 Å². The number of hydrogen-bond acceptors (Lipinski definition) is 6. The fraction of sp³-hybridized carbons (Fsp3) is 0.379. The van der Waals surface area contributed by atoms with Gasteiger partial charge in [0, 0.05) is 37.7 Å². The van der Waals surface area contributed by atoms with Gasteiger partial charge in [0.25, 0.3) is 5.56 Å². The number of thioether (sulfide) groups is 1. The van der Waals surface area contributed by atoms with Crippen LogP contribution in [0.15, 0.2) is 70.5 Å². The molecular formula is C29H31F3N4O4S. The number of hydrogen-bond donors (Lipinski definition) is 2. The van der Waals surface area contributed by atoms with Crippen LogP contribution in [0.4, 0.5) is 13.2 Å². The second-order valence-electron chi connectivity index (χ2n) is 9.39. The third-order valence-electron chi connectivity index (χ3n) is 6.52. The van der Waals surface area contributed by atoms with Crippen molar-refractivity contribution in [1.82, 2.24) is 19.8 Å². The first-order valence-electron chi connectivity index (χ1n) is 15.4. The van der Waals surface area contributed by atoms with Gasteiger partial charge in [0.2, 0.25) is 5.91 Å². The van der Waals surface area contributed by atoms with Gasteiger partial charge in [0.15, 0.2) is 5.16 Å². The van der Waals surface area contributed by atoms with Crippen LogP contribution in [0.1, 0.15) is 49.4 Å². The number of carbonyl (C=O) groups is 2. The van der Waals surface area contributed by atoms with Crippen LogP contribution >= 0.6 is 11.8 Å². The van der Waals surface area contributed by atoms with Crippen molar-refractivity contribution in [3.63, 3.8) is 0 Å². The average molecular weight is 594 g/mol. The van der Waals surface area contributed by atoms with Crippen LogP contribution in [0.5, 0.6) is 0 Å². The van der Waals surface area contributed by atoms with E-state index in [0.29, 0.717) is 42.5 Å². The number of amides is 1. The number of nitrogens with zero attached hydrogens (tertiary/aromatic N) is 3. The molecular weight excluding hydrogens is 557 g/mol. The Morgan fingerprint density at radius 3 is 2.44 bits per heavy atom. The second-order valence-corrected chi connectivity index (χ2v) is 10.7. The van der Waals surface area contributed by atoms with Gasteiger partial charge in [-0.2, -0.15) is 13.2 Å². The molecule has 1 amide bonds. The molecule has 0 saturated heterocycles. The first-order valence-corrected chi connectivity index (χ1v) is 13.8. The number of halogens is 3. The van der Waals surface area contributed by atoms with E-state index in [1.165, 1.54) is 16.3 Å². The summed E-state index contributed by atoms with van der Waals surface area (Å²) >= 11 is 1.42. The van der Waals surface area contributed by atoms with Crippen LogP contribution in [-0.2, 0) is 29.1 Å². The van der Waals surface area contributed by atoms with Crippen LogP contribution < -0.4 is 10.9 Å². The number of rotatable bonds is 8. The van der Waals surface area contributed by atoms with Crippen molar-refractivity contribution in [2.45, 2.75) is 61.8 Å². The number of carboxylic acids is 1. The fourth-order valence-corrected chi connectivity index (χ4v) is 5.43. The molecule has 1 aliphatic carbocycles. The normalized spacial score (nSPS) is 16.6. The van der Waals surface area contributed by atoms with E-state index in [4.69, 9.17) is 21.7 Å². The summed E-state index contributed by atoms with van der Waals surface area (Å²) in [6.07, 6.45) is -1.36. The lowest BCUT2D eigenvalue weighted by molar-refractivity contribution is -0.192. The Morgan fingerprint density at radius 2 is 1.83 bits per heavy atom. The molecule has 12 heteroatoms. The highest BCUT2D eigenvalue weighted by atomic mass is 32.2. The molecule has 2 N–H and O–H groups in total. The SMILES string of the molecule is O=C(O)C(F)(F)F.[2H]c1c([2H])c([2H])c(-n2c(SC3CCC3)nc3c(c2=O)CN(C(=O)CCNCc2ccccc2)CC3)c([2H])c1[2H]. The largest absolute Gasteiger partial charge is 0.490 e. The van der Waals surface area contributed by atoms with Crippen LogP contribution in [0.3, 0.4) is 0 Å². The summed E-state index contributed by atoms with van der Waals surface area (Å²) in [7, 11) is 0. The number of alkyl halides is 3. The van der Waals surface area contributed by atoms with E-state index in [9.17, 15) is 22.8 Å². The highest BCUT2D eigenvalue weighted by Gasteiger charge is 2.38. The minimum Gasteiger partial charge on any atom is -0.475 e. The topological polar surface area (TPSA) is 105 Å². The summed E-state index contributed by atoms with van der Waals surface area (Å²) in [6, 6.07) is 7.49. The third kappa shape index (κ3) is 8.20. The lowest BCUT2D eigenvalue weighted by Crippen LogP contribution is -2.42. The Kier molecular flexibility index (Phi) is 8.09. The average Bonchev–Trinajstić information content (AvgIpc) is 3.00. The minimum atomic E-state index is -5.08. The van der Waals surface area contributed by atoms with Gasteiger partial charge in [-0.25, -0.2) is 9.78 Å². The number of aromatic nitrogens is 2. The Hall–Kier alpha value is -3.64. The predicted octanol–water partition coefficient (Wildman–Crippen LogP) is 4.58. The van der Waals surface area contributed by atoms with Crippen molar-refractivity contribution in [1.29, 1.82) is 0 Å². The lowest BCUT2D eigenvalue weighted by atomic mass is 10.0. The summed E-state index contributed by atoms with van der Waals surface area (Å²) in [5.74, 6) is -2.84. The molecule has 1 aromatic heterocycles. The van der Waals surface area contributed by atoms with E-state index in [1.807, 2.05) is 30.3 Å². The van der Waals surface area contributed by atoms with Gasteiger partial charge >= 0.3 is 12.1 Å². The van der Waals surface area contributed by atoms with Crippen LogP contribution in [0, 0.1) is 0 Å². The Labute approximate surface area is 246 Å². The molecule has 1 fully saturated rings. The molecule has 5 rings (SSSR count). The number of carboxylic acid groups (broad SMARTS) is 1. The highest BCUT2D eigenvalue weighted by molar-refractivity contribution is 7.99. The fourth-order valence-electron chi connectivity index (χ4n) is 4.12. The van der Waals surface area contributed by atoms with Crippen molar-refractivity contribution in [3.8, 4) is 5.69 Å². The number of benzene rings is 2. The maximum atomic E-state index is 13.9. The molecule has 0 spiro atoms. The van der Waals surface area contributed by atoms with E-state index < -0.39 is 47.9 Å². The molecule has 1 aliphatic heterocycles. The van der Waals surface area contributed by atoms with Crippen molar-refractivity contribution in [2.75, 3.05) is 13.1 Å². The molecule has 2 heterocycles. The molecule has 2 aliphatic rings. The maximum Gasteiger partial charge on any atom is 0.490 e. The first kappa shape index (κ1) is 24.0. The quantitative estimate of drug-likeness (QED) is 0.291. The first-order chi connectivity index (χ1) is 21.7. The standard InChI is InChI=1S/C27H30N4O2S.C2HF3O2/c32-25(14-16-28-18-20-8-3-1-4-9-20)30-17-15-24-23(19-30)26(33)31(21-10-5-2-6-11-21)27(29-24)34-22-12-7-13-22;3-2(4,5)1(6)7/h1-6,8-11,22,28H,7,12-19H2;(H,6,7)/i2D,5D,6D,10D,11D;. The van der Waals surface area contributed by atoms with Crippen LogP contribution in [-0.4, -0.2) is 55.9 Å². The van der Waals surface area contributed by atoms with Gasteiger partial charge in [-0.15, -0.1) is 0 Å². The molecule has 0 radical (unpaired) electrons. The molecule has 41 heavy (non-hydrogen) atoms. The Morgan fingerprint density at radius 1 is 1.15 bits per heavy atom. The highest BCUT2D eigenvalue weighted by Crippen LogP contribution is 2.36. The molecule has 218 valence electrons. The maximum absolute atomic E-state index is 13.9. The van der Waals surface area contributed by atoms with Crippen molar-refractivity contribution < 1.29 is 34.7 Å². The summed E-state index contributed by atoms with van der Waals surface area (Å²) in [4.78, 5) is 42.3. The van der Waals surface area contributed by atoms with Gasteiger partial charge in [-0.3, -0.25) is 14.2 Å². The minimum absolute atomic E-state index is 0.0751. The van der Waals surface area contributed by atoms with Gasteiger partial charge < -0.3 is 15.3 Å². The van der Waals surface area contributed by atoms with E-state index in [2.05, 4.69) is 5.32 Å². The van der Waals surface area contributed by atoms with Crippen molar-refractivity contribution in [3.05, 3.63) is 87.7 Å². The molecule has 1 saturated carbocycles. The number of carbonyl (C=O) groups excluding carboxylic acids is 1. The number of nitrogens with one attached hydrogen (secondary N) is 1. The van der Waals surface area contributed by atoms with Gasteiger partial charge in [0.05, 0.1) is 30.3 Å². The van der Waals surface area contributed by atoms with E-state index in [-0.39, 0.29) is 29.8 Å². The van der Waals surface area contributed by atoms with E-state index in [0.717, 1.165) is 24.8 Å². The molecule has 0 bridgehead atoms. The molecule has 8 nitrogen and oxygen atoms in total. The summed E-state index contributed by atoms with van der Waals surface area (Å²) < 4.78 is 74.0. The van der Waals surface area contributed by atoms with Gasteiger partial charge in [0.1, 0.15) is 0 Å². The van der Waals surface area contributed by atoms with Crippen LogP contribution in [0.25, 0.3) is 5.69 Å². The lowest BCUT2D eigenvalue weighted by Gasteiger charge is -2.30. The van der Waals surface area contributed by atoms with Crippen molar-refractivity contribution in [2.24, 2.45) is 0 Å². The predicted molar refractivity (Wildman–Crippen MR) is 149 cm³/mol. The molecule has 3 aromatic rings. The number of aliphatic carboxylic acids is 1. The monoisotopic (exact) mass is 593 g/mol. The van der Waals surface area contributed by atoms with Gasteiger partial charge in [-0.05, 0) is 30.5 Å². The van der Waals surface area contributed by atoms with Gasteiger partial charge in [-0.1, -0.05) is 66.6 Å². The molecule has 0 atom stereocenters. The second kappa shape index (κ2) is 13.8. The van der Waals surface area contributed by atoms with E-state index >= 15 is 0 Å². The number of para-hydroxylation sites is 1. The van der Waals surface area contributed by atoms with Crippen LogP contribution in [0.2, 0.25) is 0 Å². The zero-order valence-electron chi connectivity index (χ0n) is 26.9. The summed E-state index contributed by atoms with van der Waals surface area (Å²) in [6.45, 7) is 1.68. The van der Waals surface area contributed by atoms with E-state index in [1.54, 1.807) is 4.90 Å². The third-order valence-corrected chi connectivity index (χ3v) is 7.81. The summed E-state index contributed by atoms with van der Waals surface area (Å²) in [5.41, 5.74) is 1.39. The summed E-state index contributed by atoms with van der Waals surface area (Å²) in [5, 5.41) is 11.0. The molecule has 0 unspecified atom stereocenters. The number of fused-ring (bicyclic) bond motifs is 1.